The molecule has 0 aliphatic carbocycles. The molecule has 7 heteroatoms. The van der Waals surface area contributed by atoms with E-state index in [0.29, 0.717) is 6.07 Å². The average molecular weight is 264 g/mol. The van der Waals surface area contributed by atoms with Crippen LogP contribution in [0, 0.1) is 5.82 Å². The Morgan fingerprint density at radius 1 is 1.27 bits per heavy atom. The number of benzene rings is 1. The number of hydrogen-bond donors (Lipinski definition) is 1. The van der Waals surface area contributed by atoms with Crippen molar-refractivity contribution in [2.24, 2.45) is 5.73 Å². The van der Waals surface area contributed by atoms with Crippen LogP contribution in [-0.4, -0.2) is 6.18 Å². The van der Waals surface area contributed by atoms with Crippen LogP contribution in [-0.2, 0) is 0 Å². The van der Waals surface area contributed by atoms with Crippen molar-refractivity contribution < 1.29 is 17.6 Å². The van der Waals surface area contributed by atoms with E-state index in [4.69, 9.17) is 17.3 Å². The molecule has 0 unspecified atom stereocenters. The Morgan fingerprint density at radius 3 is 2.27 bits per heavy atom. The molecule has 0 radical (unpaired) electrons. The van der Waals surface area contributed by atoms with Gasteiger partial charge in [-0.3, -0.25) is 0 Å². The maximum absolute atomic E-state index is 12.6. The summed E-state index contributed by atoms with van der Waals surface area (Å²) < 4.78 is 49.0. The van der Waals surface area contributed by atoms with Gasteiger partial charge in [-0.05, 0) is 23.8 Å². The smallest absolute Gasteiger partial charge is 0.316 e. The highest BCUT2D eigenvalue weighted by molar-refractivity contribution is 6.31. The lowest BCUT2D eigenvalue weighted by Gasteiger charge is -2.16. The molecule has 0 aliphatic heterocycles. The molecule has 1 nitrogen and oxygen atoms in total. The van der Waals surface area contributed by atoms with Gasteiger partial charge in [0.2, 0.25) is 0 Å². The average Bonchev–Trinajstić information content (AvgIpc) is 2.06. The molecular weight excluding hydrogens is 257 g/mol. The predicted molar refractivity (Wildman–Crippen MR) is 51.6 cm³/mol. The third kappa shape index (κ3) is 3.52. The molecule has 0 amide bonds. The Morgan fingerprint density at radius 2 is 1.80 bits per heavy atom. The SMILES string of the molecule is Cl.N[C@H](c1cc(F)ccc1Cl)C(F)(F)F. The minimum absolute atomic E-state index is 0. The first-order chi connectivity index (χ1) is 6.32. The molecule has 1 rings (SSSR count). The fourth-order valence-electron chi connectivity index (χ4n) is 0.929. The normalized spacial score (nSPS) is 13.2. The Kier molecular flexibility index (Phi) is 4.83. The zero-order valence-corrected chi connectivity index (χ0v) is 8.76. The fraction of sp³-hybridized carbons (Fsp3) is 0.250. The first-order valence-electron chi connectivity index (χ1n) is 3.59. The highest BCUT2D eigenvalue weighted by atomic mass is 35.5. The summed E-state index contributed by atoms with van der Waals surface area (Å²) in [6.45, 7) is 0. The maximum Gasteiger partial charge on any atom is 0.407 e. The van der Waals surface area contributed by atoms with Crippen molar-refractivity contribution in [1.82, 2.24) is 0 Å². The Balaban J connectivity index is 0.00000196. The summed E-state index contributed by atoms with van der Waals surface area (Å²) in [5.74, 6) is -0.802. The monoisotopic (exact) mass is 263 g/mol. The van der Waals surface area contributed by atoms with Gasteiger partial charge >= 0.3 is 6.18 Å². The Hall–Kier alpha value is -0.520. The lowest BCUT2D eigenvalue weighted by atomic mass is 10.1. The number of alkyl halides is 3. The Bertz CT molecular complexity index is 340. The standard InChI is InChI=1S/C8H6ClF4N.ClH/c9-6-2-1-4(10)3-5(6)7(14)8(11,12)13;/h1-3,7H,14H2;1H/t7-;/m1./s1. The summed E-state index contributed by atoms with van der Waals surface area (Å²) in [6.07, 6.45) is -4.63. The van der Waals surface area contributed by atoms with Crippen LogP contribution in [0.1, 0.15) is 11.6 Å². The van der Waals surface area contributed by atoms with Gasteiger partial charge < -0.3 is 5.73 Å². The van der Waals surface area contributed by atoms with Crippen molar-refractivity contribution in [3.05, 3.63) is 34.6 Å². The highest BCUT2D eigenvalue weighted by Crippen LogP contribution is 2.34. The highest BCUT2D eigenvalue weighted by Gasteiger charge is 2.39. The van der Waals surface area contributed by atoms with Crippen LogP contribution in [0.5, 0.6) is 0 Å². The van der Waals surface area contributed by atoms with Gasteiger partial charge in [0, 0.05) is 5.02 Å². The van der Waals surface area contributed by atoms with E-state index in [9.17, 15) is 17.6 Å². The van der Waals surface area contributed by atoms with E-state index in [2.05, 4.69) is 0 Å². The third-order valence-corrected chi connectivity index (χ3v) is 1.99. The summed E-state index contributed by atoms with van der Waals surface area (Å²) in [6, 6.07) is 0.429. The van der Waals surface area contributed by atoms with E-state index in [1.165, 1.54) is 0 Å². The molecule has 86 valence electrons. The molecule has 0 spiro atoms. The molecule has 0 bridgehead atoms. The molecule has 1 aromatic rings. The Labute approximate surface area is 94.6 Å². The van der Waals surface area contributed by atoms with Gasteiger partial charge in [0.15, 0.2) is 0 Å². The van der Waals surface area contributed by atoms with E-state index in [-0.39, 0.29) is 17.4 Å². The second kappa shape index (κ2) is 5.01. The molecule has 1 atom stereocenters. The lowest BCUT2D eigenvalue weighted by molar-refractivity contribution is -0.149. The zero-order valence-electron chi connectivity index (χ0n) is 7.18. The number of nitrogens with two attached hydrogens (primary N) is 1. The molecule has 0 heterocycles. The second-order valence-corrected chi connectivity index (χ2v) is 3.09. The molecule has 15 heavy (non-hydrogen) atoms. The first kappa shape index (κ1) is 14.5. The van der Waals surface area contributed by atoms with Gasteiger partial charge in [-0.15, -0.1) is 12.4 Å². The van der Waals surface area contributed by atoms with Gasteiger partial charge in [0.1, 0.15) is 11.9 Å². The molecule has 1 aromatic carbocycles. The van der Waals surface area contributed by atoms with Crippen molar-refractivity contribution in [3.63, 3.8) is 0 Å². The molecular formula is C8H7Cl2F4N. The second-order valence-electron chi connectivity index (χ2n) is 2.69. The van der Waals surface area contributed by atoms with E-state index < -0.39 is 23.6 Å². The fourth-order valence-corrected chi connectivity index (χ4v) is 1.16. The largest absolute Gasteiger partial charge is 0.407 e. The number of halogens is 6. The van der Waals surface area contributed by atoms with Gasteiger partial charge in [-0.1, -0.05) is 11.6 Å². The predicted octanol–water partition coefficient (Wildman–Crippen LogP) is 3.46. The molecule has 0 aromatic heterocycles. The summed E-state index contributed by atoms with van der Waals surface area (Å²) in [7, 11) is 0. The van der Waals surface area contributed by atoms with Crippen LogP contribution in [0.15, 0.2) is 18.2 Å². The van der Waals surface area contributed by atoms with E-state index in [1.807, 2.05) is 0 Å². The molecule has 0 saturated heterocycles. The van der Waals surface area contributed by atoms with Crippen LogP contribution in [0.2, 0.25) is 5.02 Å². The third-order valence-electron chi connectivity index (χ3n) is 1.65. The minimum Gasteiger partial charge on any atom is -0.316 e. The number of hydrogen-bond acceptors (Lipinski definition) is 1. The van der Waals surface area contributed by atoms with Crippen molar-refractivity contribution >= 4 is 24.0 Å². The van der Waals surface area contributed by atoms with Crippen molar-refractivity contribution in [1.29, 1.82) is 0 Å². The first-order valence-corrected chi connectivity index (χ1v) is 3.97. The summed E-state index contributed by atoms with van der Waals surface area (Å²) in [5, 5.41) is -0.198. The summed E-state index contributed by atoms with van der Waals surface area (Å²) >= 11 is 5.45. The van der Waals surface area contributed by atoms with Crippen LogP contribution in [0.25, 0.3) is 0 Å². The van der Waals surface area contributed by atoms with Crippen LogP contribution in [0.4, 0.5) is 17.6 Å². The molecule has 2 N–H and O–H groups in total. The zero-order chi connectivity index (χ0) is 10.9. The van der Waals surface area contributed by atoms with E-state index >= 15 is 0 Å². The van der Waals surface area contributed by atoms with Crippen molar-refractivity contribution in [3.8, 4) is 0 Å². The van der Waals surface area contributed by atoms with Gasteiger partial charge in [0.25, 0.3) is 0 Å². The maximum atomic E-state index is 12.6. The summed E-state index contributed by atoms with van der Waals surface area (Å²) in [5.41, 5.74) is 4.41. The van der Waals surface area contributed by atoms with Crippen molar-refractivity contribution in [2.45, 2.75) is 12.2 Å². The van der Waals surface area contributed by atoms with Gasteiger partial charge in [0.05, 0.1) is 0 Å². The number of rotatable bonds is 1. The molecule has 0 fully saturated rings. The van der Waals surface area contributed by atoms with Gasteiger partial charge in [-0.2, -0.15) is 13.2 Å². The molecule has 0 saturated carbocycles. The minimum atomic E-state index is -4.63. The van der Waals surface area contributed by atoms with Crippen LogP contribution >= 0.6 is 24.0 Å². The van der Waals surface area contributed by atoms with Crippen LogP contribution < -0.4 is 5.73 Å². The van der Waals surface area contributed by atoms with E-state index in [1.54, 1.807) is 0 Å². The molecule has 0 aliphatic rings. The summed E-state index contributed by atoms with van der Waals surface area (Å²) in [4.78, 5) is 0. The quantitative estimate of drug-likeness (QED) is 0.772. The van der Waals surface area contributed by atoms with Crippen molar-refractivity contribution in [2.75, 3.05) is 0 Å². The van der Waals surface area contributed by atoms with Crippen LogP contribution in [0.3, 0.4) is 0 Å². The van der Waals surface area contributed by atoms with Gasteiger partial charge in [-0.25, -0.2) is 4.39 Å². The topological polar surface area (TPSA) is 26.0 Å². The van der Waals surface area contributed by atoms with E-state index in [0.717, 1.165) is 12.1 Å². The lowest BCUT2D eigenvalue weighted by Crippen LogP contribution is -2.28.